The number of hydrogen-bond acceptors (Lipinski definition) is 1. The molecule has 0 spiro atoms. The first-order valence-electron chi connectivity index (χ1n) is 4.79. The van der Waals surface area contributed by atoms with E-state index in [9.17, 15) is 0 Å². The number of carbonyl (C=O) groups excluding carboxylic acids is 1. The summed E-state index contributed by atoms with van der Waals surface area (Å²) in [5.41, 5.74) is 0. The van der Waals surface area contributed by atoms with Gasteiger partial charge in [0.1, 0.15) is 6.79 Å². The van der Waals surface area contributed by atoms with Crippen LogP contribution in [-0.4, -0.2) is 6.79 Å². The van der Waals surface area contributed by atoms with E-state index < -0.39 is 0 Å². The van der Waals surface area contributed by atoms with Crippen LogP contribution in [0.5, 0.6) is 0 Å². The van der Waals surface area contributed by atoms with Crippen LogP contribution in [0.3, 0.4) is 0 Å². The second-order valence-electron chi connectivity index (χ2n) is 3.18. The lowest BCUT2D eigenvalue weighted by Crippen LogP contribution is -1.73. The Morgan fingerprint density at radius 1 is 0.455 bits per heavy atom. The average molecular weight is 156 g/mol. The molecule has 0 N–H and O–H groups in total. The zero-order valence-corrected chi connectivity index (χ0v) is 7.48. The predicted molar refractivity (Wildman–Crippen MR) is 48.7 cm³/mol. The third kappa shape index (κ3) is 7.57. The van der Waals surface area contributed by atoms with Crippen LogP contribution in [0.25, 0.3) is 0 Å². The van der Waals surface area contributed by atoms with Gasteiger partial charge in [0.05, 0.1) is 0 Å². The lowest BCUT2D eigenvalue weighted by Gasteiger charge is -1.93. The van der Waals surface area contributed by atoms with Crippen LogP contribution in [0.1, 0.15) is 57.8 Å². The van der Waals surface area contributed by atoms with E-state index in [2.05, 4.69) is 0 Å². The molecular formula is C10H20O. The Hall–Kier alpha value is -0.330. The molecule has 1 aliphatic carbocycles. The summed E-state index contributed by atoms with van der Waals surface area (Å²) in [6, 6.07) is 0. The van der Waals surface area contributed by atoms with E-state index >= 15 is 0 Å². The highest BCUT2D eigenvalue weighted by atomic mass is 16.1. The molecule has 0 heterocycles. The zero-order chi connectivity index (χ0) is 8.36. The van der Waals surface area contributed by atoms with Crippen LogP contribution in [-0.2, 0) is 4.79 Å². The summed E-state index contributed by atoms with van der Waals surface area (Å²) in [6.45, 7) is 2.00. The van der Waals surface area contributed by atoms with Gasteiger partial charge >= 0.3 is 0 Å². The van der Waals surface area contributed by atoms with Crippen molar-refractivity contribution >= 4 is 6.79 Å². The Balaban J connectivity index is 0.000000461. The molecule has 11 heavy (non-hydrogen) atoms. The third-order valence-electron chi connectivity index (χ3n) is 2.25. The monoisotopic (exact) mass is 156 g/mol. The Morgan fingerprint density at radius 3 is 0.636 bits per heavy atom. The van der Waals surface area contributed by atoms with Crippen LogP contribution in [0.4, 0.5) is 0 Å². The maximum atomic E-state index is 8.00. The van der Waals surface area contributed by atoms with E-state index in [0.29, 0.717) is 0 Å². The quantitative estimate of drug-likeness (QED) is 0.525. The van der Waals surface area contributed by atoms with Gasteiger partial charge in [-0.05, 0) is 0 Å². The minimum absolute atomic E-state index is 1.50. The van der Waals surface area contributed by atoms with Gasteiger partial charge < -0.3 is 4.79 Å². The van der Waals surface area contributed by atoms with Gasteiger partial charge in [0.2, 0.25) is 0 Å². The Labute approximate surface area is 70.2 Å². The average Bonchev–Trinajstić information content (AvgIpc) is 2.22. The standard InChI is InChI=1S/C9H18.CH2O/c1-2-4-6-8-9-7-5-3-1;1-2/h1-9H2;1H2. The minimum Gasteiger partial charge on any atom is -0.307 e. The molecule has 0 aromatic rings. The normalized spacial score (nSPS) is 20.0. The molecule has 0 atom stereocenters. The summed E-state index contributed by atoms with van der Waals surface area (Å²) in [5.74, 6) is 0. The topological polar surface area (TPSA) is 17.1 Å². The van der Waals surface area contributed by atoms with E-state index in [1.165, 1.54) is 57.8 Å². The van der Waals surface area contributed by atoms with Crippen molar-refractivity contribution in [2.45, 2.75) is 57.8 Å². The fourth-order valence-electron chi connectivity index (χ4n) is 1.59. The molecule has 0 aliphatic heterocycles. The van der Waals surface area contributed by atoms with E-state index in [-0.39, 0.29) is 0 Å². The highest BCUT2D eigenvalue weighted by molar-refractivity contribution is 5.10. The molecule has 0 amide bonds. The van der Waals surface area contributed by atoms with Crippen LogP contribution in [0.2, 0.25) is 0 Å². The van der Waals surface area contributed by atoms with Crippen molar-refractivity contribution in [1.82, 2.24) is 0 Å². The smallest absolute Gasteiger partial charge is 0.106 e. The molecule has 0 radical (unpaired) electrons. The van der Waals surface area contributed by atoms with Gasteiger partial charge in [-0.3, -0.25) is 0 Å². The molecule has 1 heteroatoms. The first kappa shape index (κ1) is 10.7. The summed E-state index contributed by atoms with van der Waals surface area (Å²) < 4.78 is 0. The molecule has 0 unspecified atom stereocenters. The van der Waals surface area contributed by atoms with Crippen LogP contribution in [0.15, 0.2) is 0 Å². The van der Waals surface area contributed by atoms with Crippen LogP contribution < -0.4 is 0 Å². The van der Waals surface area contributed by atoms with Gasteiger partial charge in [-0.25, -0.2) is 0 Å². The first-order chi connectivity index (χ1) is 5.50. The summed E-state index contributed by atoms with van der Waals surface area (Å²) >= 11 is 0. The van der Waals surface area contributed by atoms with E-state index in [1.54, 1.807) is 0 Å². The molecule has 1 aliphatic rings. The second-order valence-corrected chi connectivity index (χ2v) is 3.18. The van der Waals surface area contributed by atoms with Crippen molar-refractivity contribution in [2.24, 2.45) is 0 Å². The minimum atomic E-state index is 1.50. The summed E-state index contributed by atoms with van der Waals surface area (Å²) in [5, 5.41) is 0. The summed E-state index contributed by atoms with van der Waals surface area (Å²) in [7, 11) is 0. The van der Waals surface area contributed by atoms with Crippen molar-refractivity contribution in [3.63, 3.8) is 0 Å². The highest BCUT2D eigenvalue weighted by Crippen LogP contribution is 2.15. The number of hydrogen-bond donors (Lipinski definition) is 0. The van der Waals surface area contributed by atoms with Gasteiger partial charge in [-0.1, -0.05) is 57.8 Å². The zero-order valence-electron chi connectivity index (χ0n) is 7.48. The van der Waals surface area contributed by atoms with E-state index in [4.69, 9.17) is 4.79 Å². The Bertz CT molecular complexity index is 42.7. The molecule has 66 valence electrons. The predicted octanol–water partition coefficient (Wildman–Crippen LogP) is 3.33. The first-order valence-corrected chi connectivity index (χ1v) is 4.79. The molecule has 1 nitrogen and oxygen atoms in total. The lowest BCUT2D eigenvalue weighted by atomic mass is 10.1. The molecule has 0 bridgehead atoms. The van der Waals surface area contributed by atoms with Gasteiger partial charge in [0.15, 0.2) is 0 Å². The van der Waals surface area contributed by atoms with Crippen LogP contribution >= 0.6 is 0 Å². The van der Waals surface area contributed by atoms with E-state index in [1.807, 2.05) is 6.79 Å². The second kappa shape index (κ2) is 9.67. The maximum absolute atomic E-state index is 8.00. The van der Waals surface area contributed by atoms with Gasteiger partial charge in [-0.15, -0.1) is 0 Å². The molecule has 1 fully saturated rings. The molecule has 0 aromatic carbocycles. The van der Waals surface area contributed by atoms with Gasteiger partial charge in [0, 0.05) is 0 Å². The van der Waals surface area contributed by atoms with Crippen molar-refractivity contribution < 1.29 is 4.79 Å². The van der Waals surface area contributed by atoms with Crippen molar-refractivity contribution in [2.75, 3.05) is 0 Å². The van der Waals surface area contributed by atoms with Crippen molar-refractivity contribution in [1.29, 1.82) is 0 Å². The highest BCUT2D eigenvalue weighted by Gasteiger charge is 1.95. The summed E-state index contributed by atoms with van der Waals surface area (Å²) in [4.78, 5) is 8.00. The van der Waals surface area contributed by atoms with Crippen LogP contribution in [0, 0.1) is 0 Å². The maximum Gasteiger partial charge on any atom is 0.106 e. The van der Waals surface area contributed by atoms with Crippen molar-refractivity contribution in [3.8, 4) is 0 Å². The Morgan fingerprint density at radius 2 is 0.545 bits per heavy atom. The largest absolute Gasteiger partial charge is 0.307 e. The number of rotatable bonds is 0. The fraction of sp³-hybridized carbons (Fsp3) is 0.900. The lowest BCUT2D eigenvalue weighted by molar-refractivity contribution is -0.0979. The molecule has 0 aromatic heterocycles. The van der Waals surface area contributed by atoms with Crippen molar-refractivity contribution in [3.05, 3.63) is 0 Å². The number of carbonyl (C=O) groups is 1. The third-order valence-corrected chi connectivity index (χ3v) is 2.25. The Kier molecular flexibility index (Phi) is 9.38. The van der Waals surface area contributed by atoms with Gasteiger partial charge in [0.25, 0.3) is 0 Å². The molecule has 1 rings (SSSR count). The summed E-state index contributed by atoms with van der Waals surface area (Å²) in [6.07, 6.45) is 13.5. The SMILES string of the molecule is C1CCCCCCCC1.C=O. The van der Waals surface area contributed by atoms with Gasteiger partial charge in [-0.2, -0.15) is 0 Å². The molecule has 1 saturated carbocycles. The fourth-order valence-corrected chi connectivity index (χ4v) is 1.59. The molecule has 0 saturated heterocycles. The van der Waals surface area contributed by atoms with E-state index in [0.717, 1.165) is 0 Å². The molecular weight excluding hydrogens is 136 g/mol.